The first-order chi connectivity index (χ1) is 14.8. The highest BCUT2D eigenvalue weighted by molar-refractivity contribution is 6.01. The molecule has 2 rings (SSSR count). The second-order valence-electron chi connectivity index (χ2n) is 7.76. The van der Waals surface area contributed by atoms with Crippen LogP contribution >= 0.6 is 0 Å². The monoisotopic (exact) mass is 431 g/mol. The molecule has 0 amide bonds. The lowest BCUT2D eigenvalue weighted by Crippen LogP contribution is -2.19. The predicted octanol–water partition coefficient (Wildman–Crippen LogP) is 6.01. The molecule has 31 heavy (non-hydrogen) atoms. The quantitative estimate of drug-likeness (QED) is 0.350. The van der Waals surface area contributed by atoms with Crippen LogP contribution in [0.4, 0.5) is 4.39 Å². The summed E-state index contributed by atoms with van der Waals surface area (Å²) >= 11 is 0. The Kier molecular flexibility index (Phi) is 12.5. The predicted molar refractivity (Wildman–Crippen MR) is 126 cm³/mol. The average molecular weight is 432 g/mol. The fourth-order valence-corrected chi connectivity index (χ4v) is 3.23. The number of benzene rings is 2. The summed E-state index contributed by atoms with van der Waals surface area (Å²) in [6.07, 6.45) is 1.43. The standard InChI is InChI=1S/C18H28FNO3.C8H10/c1-5-9-20-10-7-6-8-15(19)18(21)14-12-17(23-4)16(22-3)11-13(14)2;1-7-4-3-5-8(2)6-7/h11-12,15,20H,5-10H2,1-4H3;3-6H,1-2H3. The number of alkyl halides is 1. The number of aryl methyl sites for hydroxylation is 3. The molecule has 0 heterocycles. The Morgan fingerprint density at radius 3 is 2.10 bits per heavy atom. The van der Waals surface area contributed by atoms with E-state index in [1.165, 1.54) is 25.3 Å². The maximum atomic E-state index is 14.2. The van der Waals surface area contributed by atoms with Gasteiger partial charge in [0.25, 0.3) is 0 Å². The van der Waals surface area contributed by atoms with Crippen LogP contribution in [0.2, 0.25) is 0 Å². The second kappa shape index (κ2) is 14.6. The molecule has 0 aliphatic heterocycles. The van der Waals surface area contributed by atoms with E-state index in [-0.39, 0.29) is 6.42 Å². The van der Waals surface area contributed by atoms with Gasteiger partial charge in [-0.3, -0.25) is 4.79 Å². The molecule has 1 unspecified atom stereocenters. The van der Waals surface area contributed by atoms with Crippen molar-refractivity contribution in [2.75, 3.05) is 27.3 Å². The minimum Gasteiger partial charge on any atom is -0.493 e. The van der Waals surface area contributed by atoms with E-state index >= 15 is 0 Å². The first-order valence-electron chi connectivity index (χ1n) is 11.0. The van der Waals surface area contributed by atoms with Crippen molar-refractivity contribution in [2.24, 2.45) is 0 Å². The van der Waals surface area contributed by atoms with Gasteiger partial charge in [-0.05, 0) is 77.2 Å². The molecular formula is C26H38FNO3. The van der Waals surface area contributed by atoms with Crippen LogP contribution in [0.5, 0.6) is 11.5 Å². The number of halogens is 1. The van der Waals surface area contributed by atoms with Crippen molar-refractivity contribution >= 4 is 5.78 Å². The van der Waals surface area contributed by atoms with E-state index in [2.05, 4.69) is 50.4 Å². The van der Waals surface area contributed by atoms with Gasteiger partial charge in [-0.1, -0.05) is 42.3 Å². The summed E-state index contributed by atoms with van der Waals surface area (Å²) < 4.78 is 24.6. The summed E-state index contributed by atoms with van der Waals surface area (Å²) in [5, 5.41) is 3.27. The summed E-state index contributed by atoms with van der Waals surface area (Å²) in [5.74, 6) is 0.501. The highest BCUT2D eigenvalue weighted by atomic mass is 19.1. The lowest BCUT2D eigenvalue weighted by Gasteiger charge is -2.14. The van der Waals surface area contributed by atoms with Gasteiger partial charge in [-0.25, -0.2) is 4.39 Å². The third-order valence-corrected chi connectivity index (χ3v) is 4.94. The van der Waals surface area contributed by atoms with Crippen LogP contribution in [0, 0.1) is 20.8 Å². The molecule has 0 fully saturated rings. The lowest BCUT2D eigenvalue weighted by molar-refractivity contribution is 0.0865. The van der Waals surface area contributed by atoms with Gasteiger partial charge in [0.05, 0.1) is 14.2 Å². The molecule has 0 aromatic heterocycles. The van der Waals surface area contributed by atoms with Crippen molar-refractivity contribution in [3.63, 3.8) is 0 Å². The average Bonchev–Trinajstić information content (AvgIpc) is 2.75. The number of unbranched alkanes of at least 4 members (excludes halogenated alkanes) is 1. The Morgan fingerprint density at radius 2 is 1.58 bits per heavy atom. The van der Waals surface area contributed by atoms with Gasteiger partial charge in [0.2, 0.25) is 0 Å². The molecule has 0 spiro atoms. The first-order valence-corrected chi connectivity index (χ1v) is 11.0. The molecule has 0 aliphatic carbocycles. The van der Waals surface area contributed by atoms with Crippen molar-refractivity contribution in [2.45, 2.75) is 59.5 Å². The lowest BCUT2D eigenvalue weighted by atomic mass is 9.98. The summed E-state index contributed by atoms with van der Waals surface area (Å²) in [7, 11) is 3.03. The molecule has 5 heteroatoms. The molecule has 172 valence electrons. The number of carbonyl (C=O) groups is 1. The molecule has 2 aromatic rings. The third kappa shape index (κ3) is 9.52. The van der Waals surface area contributed by atoms with E-state index in [1.54, 1.807) is 19.1 Å². The van der Waals surface area contributed by atoms with Crippen LogP contribution in [0.15, 0.2) is 36.4 Å². The van der Waals surface area contributed by atoms with E-state index in [0.29, 0.717) is 29.0 Å². The highest BCUT2D eigenvalue weighted by Crippen LogP contribution is 2.31. The summed E-state index contributed by atoms with van der Waals surface area (Å²) in [4.78, 5) is 12.3. The maximum absolute atomic E-state index is 14.2. The zero-order valence-electron chi connectivity index (χ0n) is 19.9. The number of hydrogen-bond acceptors (Lipinski definition) is 4. The molecule has 0 bridgehead atoms. The van der Waals surface area contributed by atoms with Crippen molar-refractivity contribution in [1.82, 2.24) is 5.32 Å². The van der Waals surface area contributed by atoms with Crippen molar-refractivity contribution < 1.29 is 18.7 Å². The fourth-order valence-electron chi connectivity index (χ4n) is 3.23. The van der Waals surface area contributed by atoms with Crippen LogP contribution in [-0.4, -0.2) is 39.3 Å². The SMILES string of the molecule is CCCNCCCCC(F)C(=O)c1cc(OC)c(OC)cc1C.Cc1cccc(C)c1. The molecular weight excluding hydrogens is 393 g/mol. The van der Waals surface area contributed by atoms with Crippen molar-refractivity contribution in [3.8, 4) is 11.5 Å². The maximum Gasteiger partial charge on any atom is 0.197 e. The largest absolute Gasteiger partial charge is 0.493 e. The van der Waals surface area contributed by atoms with Crippen LogP contribution in [0.25, 0.3) is 0 Å². The minimum atomic E-state index is -1.47. The van der Waals surface area contributed by atoms with Gasteiger partial charge >= 0.3 is 0 Å². The summed E-state index contributed by atoms with van der Waals surface area (Å²) in [6, 6.07) is 11.7. The Bertz CT molecular complexity index is 790. The zero-order valence-corrected chi connectivity index (χ0v) is 19.9. The Morgan fingerprint density at radius 1 is 0.968 bits per heavy atom. The van der Waals surface area contributed by atoms with Crippen LogP contribution in [0.1, 0.15) is 59.7 Å². The molecule has 0 saturated carbocycles. The van der Waals surface area contributed by atoms with Gasteiger partial charge in [0.1, 0.15) is 0 Å². The number of nitrogens with one attached hydrogen (secondary N) is 1. The number of ketones is 1. The molecule has 1 atom stereocenters. The van der Waals surface area contributed by atoms with Gasteiger partial charge in [0, 0.05) is 5.56 Å². The summed E-state index contributed by atoms with van der Waals surface area (Å²) in [5.41, 5.74) is 3.73. The molecule has 0 radical (unpaired) electrons. The van der Waals surface area contributed by atoms with E-state index in [4.69, 9.17) is 9.47 Å². The molecule has 0 saturated heterocycles. The third-order valence-electron chi connectivity index (χ3n) is 4.94. The number of hydrogen-bond donors (Lipinski definition) is 1. The van der Waals surface area contributed by atoms with Gasteiger partial charge in [0.15, 0.2) is 23.5 Å². The number of ether oxygens (including phenoxy) is 2. The Balaban J connectivity index is 0.000000500. The smallest absolute Gasteiger partial charge is 0.197 e. The second-order valence-corrected chi connectivity index (χ2v) is 7.76. The Labute approximate surface area is 187 Å². The first kappa shape index (κ1) is 26.6. The van der Waals surface area contributed by atoms with Crippen LogP contribution < -0.4 is 14.8 Å². The molecule has 0 aliphatic rings. The van der Waals surface area contributed by atoms with Gasteiger partial charge in [-0.2, -0.15) is 0 Å². The van der Waals surface area contributed by atoms with Gasteiger partial charge < -0.3 is 14.8 Å². The van der Waals surface area contributed by atoms with E-state index in [1.807, 2.05) is 0 Å². The van der Waals surface area contributed by atoms with Crippen LogP contribution in [0.3, 0.4) is 0 Å². The summed E-state index contributed by atoms with van der Waals surface area (Å²) in [6.45, 7) is 9.93. The number of carbonyl (C=O) groups excluding carboxylic acids is 1. The normalized spacial score (nSPS) is 11.3. The number of methoxy groups -OCH3 is 2. The van der Waals surface area contributed by atoms with Crippen molar-refractivity contribution in [1.29, 1.82) is 0 Å². The van der Waals surface area contributed by atoms with E-state index in [9.17, 15) is 9.18 Å². The fraction of sp³-hybridized carbons (Fsp3) is 0.500. The zero-order chi connectivity index (χ0) is 23.2. The topological polar surface area (TPSA) is 47.6 Å². The number of rotatable bonds is 11. The molecule has 4 nitrogen and oxygen atoms in total. The molecule has 2 aromatic carbocycles. The van der Waals surface area contributed by atoms with Crippen LogP contribution in [-0.2, 0) is 0 Å². The van der Waals surface area contributed by atoms with Crippen molar-refractivity contribution in [3.05, 3.63) is 58.7 Å². The van der Waals surface area contributed by atoms with E-state index < -0.39 is 12.0 Å². The number of Topliss-reactive ketones (excluding diaryl/α,β-unsaturated/α-hetero) is 1. The Hall–Kier alpha value is -2.40. The minimum absolute atomic E-state index is 0.250. The van der Waals surface area contributed by atoms with Gasteiger partial charge in [-0.15, -0.1) is 0 Å². The van der Waals surface area contributed by atoms with E-state index in [0.717, 1.165) is 25.9 Å². The molecule has 1 N–H and O–H groups in total. The highest BCUT2D eigenvalue weighted by Gasteiger charge is 2.22.